The van der Waals surface area contributed by atoms with E-state index in [1.807, 2.05) is 11.8 Å². The molecule has 33 heavy (non-hydrogen) atoms. The third kappa shape index (κ3) is 4.66. The van der Waals surface area contributed by atoms with Crippen LogP contribution in [0.1, 0.15) is 44.2 Å². The van der Waals surface area contributed by atoms with Crippen molar-refractivity contribution in [2.75, 3.05) is 27.6 Å². The molecule has 2 aromatic carbocycles. The molecular weight excluding hydrogens is 455 g/mol. The molecule has 6 nitrogen and oxygen atoms in total. The zero-order valence-electron chi connectivity index (χ0n) is 18.4. The second kappa shape index (κ2) is 8.55. The smallest absolute Gasteiger partial charge is 0.370 e. The zero-order valence-corrected chi connectivity index (χ0v) is 19.3. The lowest BCUT2D eigenvalue weighted by Gasteiger charge is -2.31. The Balaban J connectivity index is 1.70. The molecule has 0 saturated carbocycles. The quantitative estimate of drug-likeness (QED) is 0.682. The maximum atomic E-state index is 13.4. The number of hydrogen-bond acceptors (Lipinski definition) is 4. The number of rotatable bonds is 4. The fourth-order valence-corrected chi connectivity index (χ4v) is 5.78. The van der Waals surface area contributed by atoms with E-state index >= 15 is 0 Å². The third-order valence-corrected chi connectivity index (χ3v) is 7.54. The summed E-state index contributed by atoms with van der Waals surface area (Å²) in [5, 5.41) is 0. The summed E-state index contributed by atoms with van der Waals surface area (Å²) in [7, 11) is -4.16. The van der Waals surface area contributed by atoms with Gasteiger partial charge in [0.05, 0.1) is 21.8 Å². The monoisotopic (exact) mass is 481 g/mol. The predicted molar refractivity (Wildman–Crippen MR) is 121 cm³/mol. The Morgan fingerprint density at radius 2 is 1.70 bits per heavy atom. The maximum absolute atomic E-state index is 13.4. The van der Waals surface area contributed by atoms with Gasteiger partial charge in [0.25, 0.3) is 10.0 Å². The molecule has 2 heterocycles. The Kier molecular flexibility index (Phi) is 6.07. The molecule has 0 spiro atoms. The summed E-state index contributed by atoms with van der Waals surface area (Å²) in [5.74, 6) is -0.134. The minimum absolute atomic E-state index is 0.0548. The van der Waals surface area contributed by atoms with Gasteiger partial charge in [0, 0.05) is 31.7 Å². The summed E-state index contributed by atoms with van der Waals surface area (Å²) in [4.78, 5) is 15.4. The maximum Gasteiger partial charge on any atom is 0.416 e. The number of piperidine rings is 1. The van der Waals surface area contributed by atoms with Crippen molar-refractivity contribution < 1.29 is 26.4 Å². The van der Waals surface area contributed by atoms with E-state index in [2.05, 4.69) is 4.72 Å². The van der Waals surface area contributed by atoms with Crippen LogP contribution < -0.4 is 14.5 Å². The van der Waals surface area contributed by atoms with E-state index in [1.54, 1.807) is 11.0 Å². The highest BCUT2D eigenvalue weighted by atomic mass is 32.2. The molecule has 178 valence electrons. The van der Waals surface area contributed by atoms with Crippen LogP contribution in [0.25, 0.3) is 0 Å². The Morgan fingerprint density at radius 3 is 2.33 bits per heavy atom. The third-order valence-electron chi connectivity index (χ3n) is 6.18. The van der Waals surface area contributed by atoms with Gasteiger partial charge in [-0.15, -0.1) is 0 Å². The van der Waals surface area contributed by atoms with Gasteiger partial charge in [-0.05, 0) is 74.6 Å². The van der Waals surface area contributed by atoms with Crippen molar-refractivity contribution in [2.45, 2.75) is 56.6 Å². The van der Waals surface area contributed by atoms with E-state index in [0.29, 0.717) is 36.4 Å². The van der Waals surface area contributed by atoms with Gasteiger partial charge in [0.1, 0.15) is 0 Å². The molecule has 1 unspecified atom stereocenters. The number of carbonyl (C=O) groups is 1. The fraction of sp³-hybridized carbons (Fsp3) is 0.435. The molecule has 4 rings (SSSR count). The van der Waals surface area contributed by atoms with Crippen molar-refractivity contribution in [3.8, 4) is 0 Å². The molecule has 1 N–H and O–H groups in total. The lowest BCUT2D eigenvalue weighted by Crippen LogP contribution is -2.33. The number of hydrogen-bond donors (Lipinski definition) is 1. The van der Waals surface area contributed by atoms with E-state index in [-0.39, 0.29) is 22.5 Å². The number of benzene rings is 2. The number of sulfonamides is 1. The van der Waals surface area contributed by atoms with E-state index in [0.717, 1.165) is 31.4 Å². The largest absolute Gasteiger partial charge is 0.416 e. The first-order valence-corrected chi connectivity index (χ1v) is 12.4. The molecule has 10 heteroatoms. The van der Waals surface area contributed by atoms with Crippen molar-refractivity contribution in [1.82, 2.24) is 0 Å². The number of amides is 1. The molecule has 1 atom stereocenters. The van der Waals surface area contributed by atoms with E-state index in [4.69, 9.17) is 0 Å². The van der Waals surface area contributed by atoms with Gasteiger partial charge >= 0.3 is 6.18 Å². The summed E-state index contributed by atoms with van der Waals surface area (Å²) >= 11 is 0. The molecule has 0 bridgehead atoms. The minimum atomic E-state index is -4.60. The fourth-order valence-electron chi connectivity index (χ4n) is 4.66. The average Bonchev–Trinajstić information content (AvgIpc) is 3.08. The second-order valence-corrected chi connectivity index (χ2v) is 10.3. The van der Waals surface area contributed by atoms with E-state index in [9.17, 15) is 26.4 Å². The van der Waals surface area contributed by atoms with Crippen LogP contribution in [0.4, 0.5) is 30.2 Å². The lowest BCUT2D eigenvalue weighted by molar-refractivity contribution is -0.137. The summed E-state index contributed by atoms with van der Waals surface area (Å²) in [5.41, 5.74) is 0.790. The molecule has 2 aromatic rings. The van der Waals surface area contributed by atoms with Crippen molar-refractivity contribution in [1.29, 1.82) is 0 Å². The summed E-state index contributed by atoms with van der Waals surface area (Å²) in [6, 6.07) is 7.52. The number of anilines is 3. The van der Waals surface area contributed by atoms with Gasteiger partial charge in [0.2, 0.25) is 5.91 Å². The first-order chi connectivity index (χ1) is 15.5. The Hall–Kier alpha value is -2.75. The highest BCUT2D eigenvalue weighted by Gasteiger charge is 2.33. The average molecular weight is 482 g/mol. The van der Waals surface area contributed by atoms with Crippen LogP contribution >= 0.6 is 0 Å². The Labute approximate surface area is 191 Å². The van der Waals surface area contributed by atoms with Crippen molar-refractivity contribution in [3.05, 3.63) is 47.5 Å². The number of nitrogens with zero attached hydrogens (tertiary/aromatic N) is 2. The molecule has 1 saturated heterocycles. The van der Waals surface area contributed by atoms with Gasteiger partial charge in [-0.2, -0.15) is 13.2 Å². The van der Waals surface area contributed by atoms with Gasteiger partial charge in [-0.3, -0.25) is 9.52 Å². The highest BCUT2D eigenvalue weighted by molar-refractivity contribution is 7.92. The Morgan fingerprint density at radius 1 is 1.03 bits per heavy atom. The SMILES string of the molecule is CC(=O)N1c2ccc(S(=O)(=O)Nc3cc(C(F)(F)F)ccc3N3CCCCC3)cc2CC1C. The summed E-state index contributed by atoms with van der Waals surface area (Å²) in [6.07, 6.45) is -1.28. The molecule has 2 aliphatic heterocycles. The van der Waals surface area contributed by atoms with Crippen LogP contribution in [0.15, 0.2) is 41.3 Å². The van der Waals surface area contributed by atoms with Gasteiger partial charge in [-0.25, -0.2) is 8.42 Å². The van der Waals surface area contributed by atoms with Crippen molar-refractivity contribution in [3.63, 3.8) is 0 Å². The molecule has 0 radical (unpaired) electrons. The van der Waals surface area contributed by atoms with Crippen LogP contribution in [-0.4, -0.2) is 33.5 Å². The first kappa shape index (κ1) is 23.4. The molecule has 2 aliphatic rings. The van der Waals surface area contributed by atoms with Crippen LogP contribution in [0.3, 0.4) is 0 Å². The van der Waals surface area contributed by atoms with Gasteiger partial charge in [-0.1, -0.05) is 0 Å². The molecule has 1 fully saturated rings. The Bertz CT molecular complexity index is 1180. The standard InChI is InChI=1S/C23H26F3N3O3S/c1-15-12-17-13-19(7-9-21(17)29(15)16(2)30)33(31,32)27-20-14-18(23(24,25)26)6-8-22(20)28-10-4-3-5-11-28/h6-9,13-15,27H,3-5,10-12H2,1-2H3. The topological polar surface area (TPSA) is 69.7 Å². The number of alkyl halides is 3. The van der Waals surface area contributed by atoms with Crippen LogP contribution in [0.5, 0.6) is 0 Å². The van der Waals surface area contributed by atoms with Crippen molar-refractivity contribution >= 4 is 33.0 Å². The van der Waals surface area contributed by atoms with Crippen LogP contribution in [0.2, 0.25) is 0 Å². The second-order valence-electron chi connectivity index (χ2n) is 8.62. The van der Waals surface area contributed by atoms with E-state index < -0.39 is 21.8 Å². The number of carbonyl (C=O) groups excluding carboxylic acids is 1. The van der Waals surface area contributed by atoms with Crippen molar-refractivity contribution in [2.24, 2.45) is 0 Å². The first-order valence-electron chi connectivity index (χ1n) is 10.9. The van der Waals surface area contributed by atoms with Gasteiger partial charge in [0.15, 0.2) is 0 Å². The lowest BCUT2D eigenvalue weighted by atomic mass is 10.1. The summed E-state index contributed by atoms with van der Waals surface area (Å²) in [6.45, 7) is 4.63. The molecule has 1 amide bonds. The van der Waals surface area contributed by atoms with Crippen LogP contribution in [0, 0.1) is 0 Å². The zero-order chi connectivity index (χ0) is 24.0. The van der Waals surface area contributed by atoms with Crippen LogP contribution in [-0.2, 0) is 27.4 Å². The molecule has 0 aliphatic carbocycles. The number of nitrogens with one attached hydrogen (secondary N) is 1. The number of halogens is 3. The predicted octanol–water partition coefficient (Wildman–Crippen LogP) is 4.79. The van der Waals surface area contributed by atoms with Gasteiger partial charge < -0.3 is 9.80 Å². The number of fused-ring (bicyclic) bond motifs is 1. The highest BCUT2D eigenvalue weighted by Crippen LogP contribution is 2.38. The summed E-state index contributed by atoms with van der Waals surface area (Å²) < 4.78 is 68.9. The minimum Gasteiger partial charge on any atom is -0.370 e. The molecule has 0 aromatic heterocycles. The molecular formula is C23H26F3N3O3S. The van der Waals surface area contributed by atoms with E-state index in [1.165, 1.54) is 25.1 Å². The normalized spacial score (nSPS) is 18.9.